The summed E-state index contributed by atoms with van der Waals surface area (Å²) in [6, 6.07) is 15.6. The minimum atomic E-state index is -3.61. The first-order valence-corrected chi connectivity index (χ1v) is 12.1. The number of pyridine rings is 1. The summed E-state index contributed by atoms with van der Waals surface area (Å²) in [5, 5.41) is 3.28. The molecule has 0 aliphatic heterocycles. The zero-order chi connectivity index (χ0) is 21.8. The Morgan fingerprint density at radius 1 is 1.10 bits per heavy atom. The number of hydrogen-bond donors (Lipinski definition) is 2. The van der Waals surface area contributed by atoms with E-state index in [2.05, 4.69) is 15.0 Å². The fourth-order valence-electron chi connectivity index (χ4n) is 2.84. The van der Waals surface area contributed by atoms with Gasteiger partial charge in [-0.3, -0.25) is 4.79 Å². The van der Waals surface area contributed by atoms with Gasteiger partial charge in [0.1, 0.15) is 10.8 Å². The molecule has 1 aliphatic rings. The molecule has 6 nitrogen and oxygen atoms in total. The monoisotopic (exact) mass is 457 g/mol. The summed E-state index contributed by atoms with van der Waals surface area (Å²) in [4.78, 5) is 17.3. The van der Waals surface area contributed by atoms with Gasteiger partial charge in [-0.05, 0) is 60.9 Å². The van der Waals surface area contributed by atoms with Crippen LogP contribution in [0.2, 0.25) is 0 Å². The van der Waals surface area contributed by atoms with Crippen molar-refractivity contribution in [3.05, 3.63) is 83.8 Å². The number of halogens is 1. The highest BCUT2D eigenvalue weighted by Gasteiger charge is 2.28. The second-order valence-electron chi connectivity index (χ2n) is 7.15. The summed E-state index contributed by atoms with van der Waals surface area (Å²) < 4.78 is 40.6. The molecule has 4 rings (SSSR count). The van der Waals surface area contributed by atoms with Gasteiger partial charge in [-0.2, -0.15) is 0 Å². The average molecular weight is 458 g/mol. The Bertz CT molecular complexity index is 1200. The Hall–Kier alpha value is -2.75. The highest BCUT2D eigenvalue weighted by molar-refractivity contribution is 7.98. The van der Waals surface area contributed by atoms with Crippen LogP contribution in [0.3, 0.4) is 0 Å². The van der Waals surface area contributed by atoms with E-state index >= 15 is 0 Å². The fraction of sp³-hybridized carbons (Fsp3) is 0.182. The van der Waals surface area contributed by atoms with Crippen molar-refractivity contribution in [1.82, 2.24) is 9.71 Å². The minimum absolute atomic E-state index is 0.000620. The third kappa shape index (κ3) is 5.69. The maximum atomic E-state index is 13.1. The minimum Gasteiger partial charge on any atom is -0.322 e. The number of aromatic nitrogens is 1. The number of carbonyl (C=O) groups is 1. The third-order valence-electron chi connectivity index (χ3n) is 4.61. The Morgan fingerprint density at radius 3 is 2.61 bits per heavy atom. The van der Waals surface area contributed by atoms with Crippen molar-refractivity contribution in [2.75, 3.05) is 5.32 Å². The van der Waals surface area contributed by atoms with Crippen LogP contribution in [0.5, 0.6) is 0 Å². The number of hydrogen-bond acceptors (Lipinski definition) is 5. The van der Waals surface area contributed by atoms with Crippen molar-refractivity contribution in [1.29, 1.82) is 0 Å². The van der Waals surface area contributed by atoms with Crippen LogP contribution in [0.15, 0.2) is 76.8 Å². The van der Waals surface area contributed by atoms with E-state index in [1.165, 1.54) is 36.0 Å². The third-order valence-corrected chi connectivity index (χ3v) is 7.20. The predicted molar refractivity (Wildman–Crippen MR) is 118 cm³/mol. The van der Waals surface area contributed by atoms with Crippen molar-refractivity contribution in [3.63, 3.8) is 0 Å². The van der Waals surface area contributed by atoms with Crippen LogP contribution >= 0.6 is 11.8 Å². The van der Waals surface area contributed by atoms with Gasteiger partial charge in [-0.1, -0.05) is 18.2 Å². The van der Waals surface area contributed by atoms with Crippen LogP contribution in [0.1, 0.15) is 28.8 Å². The lowest BCUT2D eigenvalue weighted by atomic mass is 10.2. The molecular weight excluding hydrogens is 437 g/mol. The molecule has 0 unspecified atom stereocenters. The Kier molecular flexibility index (Phi) is 6.35. The van der Waals surface area contributed by atoms with Gasteiger partial charge in [0.05, 0.1) is 10.5 Å². The van der Waals surface area contributed by atoms with E-state index in [4.69, 9.17) is 0 Å². The van der Waals surface area contributed by atoms with E-state index in [0.717, 1.165) is 18.4 Å². The zero-order valence-electron chi connectivity index (χ0n) is 16.4. The number of sulfonamides is 1. The SMILES string of the molecule is O=C(Nc1cccc(S(=O)(=O)NC2CC2)c1)c1cccnc1SCc1ccc(F)cc1. The lowest BCUT2D eigenvalue weighted by molar-refractivity contribution is 0.102. The standard InChI is InChI=1S/C22H20FN3O3S2/c23-16-8-6-15(7-9-16)14-30-22-20(5-2-12-24-22)21(27)25-18-3-1-4-19(13-18)31(28,29)26-17-10-11-17/h1-9,12-13,17,26H,10-11,14H2,(H,25,27). The summed E-state index contributed by atoms with van der Waals surface area (Å²) in [5.74, 6) is -0.166. The first-order chi connectivity index (χ1) is 14.9. The van der Waals surface area contributed by atoms with Crippen molar-refractivity contribution < 1.29 is 17.6 Å². The number of carbonyl (C=O) groups excluding carboxylic acids is 1. The molecule has 2 aromatic carbocycles. The van der Waals surface area contributed by atoms with Gasteiger partial charge in [0.2, 0.25) is 10.0 Å². The molecule has 1 aromatic heterocycles. The second-order valence-corrected chi connectivity index (χ2v) is 9.83. The van der Waals surface area contributed by atoms with E-state index in [0.29, 0.717) is 22.0 Å². The molecule has 0 atom stereocenters. The van der Waals surface area contributed by atoms with Gasteiger partial charge in [0.15, 0.2) is 0 Å². The molecule has 9 heteroatoms. The number of nitrogens with zero attached hydrogens (tertiary/aromatic N) is 1. The van der Waals surface area contributed by atoms with Crippen molar-refractivity contribution in [2.45, 2.75) is 34.6 Å². The number of rotatable bonds is 8. The van der Waals surface area contributed by atoms with E-state index in [1.807, 2.05) is 0 Å². The summed E-state index contributed by atoms with van der Waals surface area (Å²) in [7, 11) is -3.61. The molecule has 31 heavy (non-hydrogen) atoms. The number of amides is 1. The van der Waals surface area contributed by atoms with Gasteiger partial charge in [-0.15, -0.1) is 11.8 Å². The zero-order valence-corrected chi connectivity index (χ0v) is 18.0. The fourth-order valence-corrected chi connectivity index (χ4v) is 5.14. The van der Waals surface area contributed by atoms with Gasteiger partial charge >= 0.3 is 0 Å². The molecule has 1 aliphatic carbocycles. The van der Waals surface area contributed by atoms with Gasteiger partial charge in [-0.25, -0.2) is 22.5 Å². The molecule has 2 N–H and O–H groups in total. The number of thioether (sulfide) groups is 1. The highest BCUT2D eigenvalue weighted by Crippen LogP contribution is 2.26. The molecule has 0 bridgehead atoms. The van der Waals surface area contributed by atoms with Crippen molar-refractivity contribution in [3.8, 4) is 0 Å². The van der Waals surface area contributed by atoms with E-state index in [9.17, 15) is 17.6 Å². The Morgan fingerprint density at radius 2 is 1.87 bits per heavy atom. The molecule has 0 saturated heterocycles. The largest absolute Gasteiger partial charge is 0.322 e. The van der Waals surface area contributed by atoms with Crippen LogP contribution in [0, 0.1) is 5.82 Å². The van der Waals surface area contributed by atoms with Crippen LogP contribution in [-0.2, 0) is 15.8 Å². The molecule has 0 radical (unpaired) electrons. The lowest BCUT2D eigenvalue weighted by Gasteiger charge is -2.11. The molecule has 3 aromatic rings. The molecule has 0 spiro atoms. The topological polar surface area (TPSA) is 88.2 Å². The lowest BCUT2D eigenvalue weighted by Crippen LogP contribution is -2.25. The van der Waals surface area contributed by atoms with Gasteiger partial charge < -0.3 is 5.32 Å². The molecule has 1 fully saturated rings. The van der Waals surface area contributed by atoms with Crippen LogP contribution in [0.4, 0.5) is 10.1 Å². The van der Waals surface area contributed by atoms with E-state index < -0.39 is 10.0 Å². The van der Waals surface area contributed by atoms with Gasteiger partial charge in [0, 0.05) is 23.7 Å². The number of anilines is 1. The molecule has 1 heterocycles. The van der Waals surface area contributed by atoms with Crippen LogP contribution < -0.4 is 10.0 Å². The molecule has 1 amide bonds. The first-order valence-electron chi connectivity index (χ1n) is 9.67. The molecule has 1 saturated carbocycles. The summed E-state index contributed by atoms with van der Waals surface area (Å²) >= 11 is 1.37. The highest BCUT2D eigenvalue weighted by atomic mass is 32.2. The van der Waals surface area contributed by atoms with E-state index in [1.54, 1.807) is 42.6 Å². The maximum absolute atomic E-state index is 13.1. The summed E-state index contributed by atoms with van der Waals surface area (Å²) in [5.41, 5.74) is 1.66. The normalized spacial score (nSPS) is 13.7. The summed E-state index contributed by atoms with van der Waals surface area (Å²) in [6.45, 7) is 0. The Labute approximate surface area is 184 Å². The smallest absolute Gasteiger partial charge is 0.258 e. The second kappa shape index (κ2) is 9.17. The van der Waals surface area contributed by atoms with Crippen LogP contribution in [0.25, 0.3) is 0 Å². The van der Waals surface area contributed by atoms with Crippen LogP contribution in [-0.4, -0.2) is 25.4 Å². The Balaban J connectivity index is 1.47. The average Bonchev–Trinajstić information content (AvgIpc) is 3.57. The molecular formula is C22H20FN3O3S2. The van der Waals surface area contributed by atoms with E-state index in [-0.39, 0.29) is 22.7 Å². The summed E-state index contributed by atoms with van der Waals surface area (Å²) in [6.07, 6.45) is 3.28. The van der Waals surface area contributed by atoms with Gasteiger partial charge in [0.25, 0.3) is 5.91 Å². The maximum Gasteiger partial charge on any atom is 0.258 e. The number of benzene rings is 2. The first kappa shape index (κ1) is 21.5. The number of nitrogens with one attached hydrogen (secondary N) is 2. The van der Waals surface area contributed by atoms with Crippen molar-refractivity contribution in [2.24, 2.45) is 0 Å². The quantitative estimate of drug-likeness (QED) is 0.495. The van der Waals surface area contributed by atoms with Crippen molar-refractivity contribution >= 4 is 33.4 Å². The molecule has 160 valence electrons. The predicted octanol–water partition coefficient (Wildman–Crippen LogP) is 4.21.